The van der Waals surface area contributed by atoms with Crippen molar-refractivity contribution in [2.45, 2.75) is 39.3 Å². The molecule has 1 aromatic carbocycles. The molecule has 0 spiro atoms. The second-order valence-corrected chi connectivity index (χ2v) is 5.00. The number of hydrogen-bond acceptors (Lipinski definition) is 3. The summed E-state index contributed by atoms with van der Waals surface area (Å²) in [6.07, 6.45) is -0.467. The molecule has 94 valence electrons. The van der Waals surface area contributed by atoms with Gasteiger partial charge in [-0.25, -0.2) is 4.79 Å². The predicted molar refractivity (Wildman–Crippen MR) is 68.9 cm³/mol. The number of benzene rings is 1. The van der Waals surface area contributed by atoms with Crippen LogP contribution in [0.5, 0.6) is 0 Å². The van der Waals surface area contributed by atoms with Gasteiger partial charge >= 0.3 is 6.09 Å². The Balaban J connectivity index is 2.78. The maximum atomic E-state index is 11.6. The van der Waals surface area contributed by atoms with E-state index in [0.29, 0.717) is 5.69 Å². The van der Waals surface area contributed by atoms with Crippen LogP contribution in [0.1, 0.15) is 39.3 Å². The van der Waals surface area contributed by atoms with Crippen molar-refractivity contribution in [1.82, 2.24) is 0 Å². The fourth-order valence-electron chi connectivity index (χ4n) is 1.42. The zero-order chi connectivity index (χ0) is 13.1. The monoisotopic (exact) mass is 236 g/mol. The first-order valence-corrected chi connectivity index (χ1v) is 5.64. The molecule has 1 amide bonds. The van der Waals surface area contributed by atoms with Crippen LogP contribution in [0.4, 0.5) is 10.5 Å². The molecule has 1 atom stereocenters. The van der Waals surface area contributed by atoms with Crippen LogP contribution in [0.3, 0.4) is 0 Å². The molecule has 3 N–H and O–H groups in total. The van der Waals surface area contributed by atoms with E-state index in [0.717, 1.165) is 5.56 Å². The smallest absolute Gasteiger partial charge is 0.412 e. The van der Waals surface area contributed by atoms with Crippen molar-refractivity contribution in [3.05, 3.63) is 29.8 Å². The summed E-state index contributed by atoms with van der Waals surface area (Å²) in [5.74, 6) is 0. The zero-order valence-electron chi connectivity index (χ0n) is 10.8. The maximum Gasteiger partial charge on any atom is 0.412 e. The Bertz CT molecular complexity index is 395. The molecule has 0 aliphatic rings. The number of rotatable bonds is 2. The van der Waals surface area contributed by atoms with Gasteiger partial charge in [-0.3, -0.25) is 5.32 Å². The van der Waals surface area contributed by atoms with Gasteiger partial charge in [-0.15, -0.1) is 0 Å². The Hall–Kier alpha value is -1.55. The van der Waals surface area contributed by atoms with E-state index in [4.69, 9.17) is 10.5 Å². The van der Waals surface area contributed by atoms with Gasteiger partial charge in [0.25, 0.3) is 0 Å². The molecule has 0 aliphatic carbocycles. The van der Waals surface area contributed by atoms with Crippen LogP contribution < -0.4 is 11.1 Å². The van der Waals surface area contributed by atoms with Crippen molar-refractivity contribution < 1.29 is 9.53 Å². The Kier molecular flexibility index (Phi) is 4.12. The van der Waals surface area contributed by atoms with Gasteiger partial charge in [0.15, 0.2) is 0 Å². The molecule has 0 aromatic heterocycles. The summed E-state index contributed by atoms with van der Waals surface area (Å²) in [6, 6.07) is 7.29. The Morgan fingerprint density at radius 3 is 2.47 bits per heavy atom. The average molecular weight is 236 g/mol. The molecule has 17 heavy (non-hydrogen) atoms. The van der Waals surface area contributed by atoms with E-state index in [1.54, 1.807) is 0 Å². The van der Waals surface area contributed by atoms with E-state index in [9.17, 15) is 4.79 Å². The lowest BCUT2D eigenvalue weighted by atomic mass is 10.1. The molecule has 0 bridgehead atoms. The molecule has 1 aromatic rings. The van der Waals surface area contributed by atoms with Gasteiger partial charge in [-0.1, -0.05) is 18.2 Å². The highest BCUT2D eigenvalue weighted by atomic mass is 16.6. The summed E-state index contributed by atoms with van der Waals surface area (Å²) in [4.78, 5) is 11.6. The number of nitrogens with one attached hydrogen (secondary N) is 1. The highest BCUT2D eigenvalue weighted by molar-refractivity contribution is 5.86. The Morgan fingerprint density at radius 2 is 1.94 bits per heavy atom. The van der Waals surface area contributed by atoms with E-state index >= 15 is 0 Å². The molecule has 0 aliphatic heterocycles. The summed E-state index contributed by atoms with van der Waals surface area (Å²) in [5.41, 5.74) is 6.90. The Labute approximate surface area is 102 Å². The van der Waals surface area contributed by atoms with E-state index in [2.05, 4.69) is 5.32 Å². The summed E-state index contributed by atoms with van der Waals surface area (Å²) in [6.45, 7) is 7.34. The number of amides is 1. The van der Waals surface area contributed by atoms with Crippen molar-refractivity contribution in [3.63, 3.8) is 0 Å². The second kappa shape index (κ2) is 5.19. The van der Waals surface area contributed by atoms with Gasteiger partial charge in [0.05, 0.1) is 0 Å². The lowest BCUT2D eigenvalue weighted by molar-refractivity contribution is 0.0636. The molecule has 0 heterocycles. The summed E-state index contributed by atoms with van der Waals surface area (Å²) in [7, 11) is 0. The first kappa shape index (κ1) is 13.5. The highest BCUT2D eigenvalue weighted by Gasteiger charge is 2.17. The summed E-state index contributed by atoms with van der Waals surface area (Å²) < 4.78 is 5.19. The third-order valence-electron chi connectivity index (χ3n) is 2.09. The number of anilines is 1. The first-order chi connectivity index (χ1) is 7.79. The number of carbonyl (C=O) groups excluding carboxylic acids is 1. The molecule has 0 saturated heterocycles. The van der Waals surface area contributed by atoms with Crippen molar-refractivity contribution >= 4 is 11.8 Å². The second-order valence-electron chi connectivity index (χ2n) is 5.00. The van der Waals surface area contributed by atoms with E-state index in [-0.39, 0.29) is 6.04 Å². The van der Waals surface area contributed by atoms with Crippen molar-refractivity contribution in [3.8, 4) is 0 Å². The highest BCUT2D eigenvalue weighted by Crippen LogP contribution is 2.21. The summed E-state index contributed by atoms with van der Waals surface area (Å²) >= 11 is 0. The normalized spacial score (nSPS) is 13.0. The Morgan fingerprint density at radius 1 is 1.35 bits per heavy atom. The fourth-order valence-corrected chi connectivity index (χ4v) is 1.42. The number of nitrogens with two attached hydrogens (primary N) is 1. The van der Waals surface area contributed by atoms with Crippen LogP contribution in [-0.4, -0.2) is 11.7 Å². The SMILES string of the molecule is C[C@@H](N)c1ccccc1NC(=O)OC(C)(C)C. The number of para-hydroxylation sites is 1. The lowest BCUT2D eigenvalue weighted by Gasteiger charge is -2.21. The van der Waals surface area contributed by atoms with Crippen molar-refractivity contribution in [2.75, 3.05) is 5.32 Å². The van der Waals surface area contributed by atoms with Crippen molar-refractivity contribution in [2.24, 2.45) is 5.73 Å². The minimum Gasteiger partial charge on any atom is -0.444 e. The number of ether oxygens (including phenoxy) is 1. The molecular formula is C13H20N2O2. The van der Waals surface area contributed by atoms with Crippen molar-refractivity contribution in [1.29, 1.82) is 0 Å². The van der Waals surface area contributed by atoms with Gasteiger partial charge in [-0.2, -0.15) is 0 Å². The third-order valence-corrected chi connectivity index (χ3v) is 2.09. The van der Waals surface area contributed by atoms with Gasteiger partial charge in [0.1, 0.15) is 5.60 Å². The number of carbonyl (C=O) groups is 1. The van der Waals surface area contributed by atoms with Gasteiger partial charge < -0.3 is 10.5 Å². The van der Waals surface area contributed by atoms with Crippen LogP contribution in [0.2, 0.25) is 0 Å². The topological polar surface area (TPSA) is 64.3 Å². The predicted octanol–water partition coefficient (Wildman–Crippen LogP) is 3.05. The standard InChI is InChI=1S/C13H20N2O2/c1-9(14)10-7-5-6-8-11(10)15-12(16)17-13(2,3)4/h5-9H,14H2,1-4H3,(H,15,16)/t9-/m1/s1. The lowest BCUT2D eigenvalue weighted by Crippen LogP contribution is -2.27. The van der Waals surface area contributed by atoms with Crippen LogP contribution in [0.25, 0.3) is 0 Å². The van der Waals surface area contributed by atoms with Gasteiger partial charge in [0, 0.05) is 11.7 Å². The average Bonchev–Trinajstić information content (AvgIpc) is 2.14. The van der Waals surface area contributed by atoms with E-state index in [1.807, 2.05) is 52.0 Å². The molecule has 0 saturated carbocycles. The van der Waals surface area contributed by atoms with E-state index in [1.165, 1.54) is 0 Å². The third kappa shape index (κ3) is 4.44. The minimum atomic E-state index is -0.507. The fraction of sp³-hybridized carbons (Fsp3) is 0.462. The molecule has 1 rings (SSSR count). The quantitative estimate of drug-likeness (QED) is 0.829. The maximum absolute atomic E-state index is 11.6. The molecule has 4 nitrogen and oxygen atoms in total. The number of hydrogen-bond donors (Lipinski definition) is 2. The minimum absolute atomic E-state index is 0.138. The van der Waals surface area contributed by atoms with Gasteiger partial charge in [0.2, 0.25) is 0 Å². The molecule has 0 unspecified atom stereocenters. The zero-order valence-corrected chi connectivity index (χ0v) is 10.8. The van der Waals surface area contributed by atoms with Crippen LogP contribution in [-0.2, 0) is 4.74 Å². The van der Waals surface area contributed by atoms with E-state index < -0.39 is 11.7 Å². The van der Waals surface area contributed by atoms with Crippen LogP contribution in [0.15, 0.2) is 24.3 Å². The molecule has 4 heteroatoms. The van der Waals surface area contributed by atoms with Crippen LogP contribution in [0, 0.1) is 0 Å². The molecule has 0 fully saturated rings. The van der Waals surface area contributed by atoms with Crippen LogP contribution >= 0.6 is 0 Å². The molecular weight excluding hydrogens is 216 g/mol. The summed E-state index contributed by atoms with van der Waals surface area (Å²) in [5, 5.41) is 2.71. The molecule has 0 radical (unpaired) electrons. The first-order valence-electron chi connectivity index (χ1n) is 5.64. The van der Waals surface area contributed by atoms with Gasteiger partial charge in [-0.05, 0) is 39.3 Å². The largest absolute Gasteiger partial charge is 0.444 e.